The van der Waals surface area contributed by atoms with Gasteiger partial charge in [0.25, 0.3) is 5.91 Å². The van der Waals surface area contributed by atoms with Crippen LogP contribution in [0.1, 0.15) is 25.3 Å². The summed E-state index contributed by atoms with van der Waals surface area (Å²) in [6.45, 7) is 5.87. The molecule has 0 unspecified atom stereocenters. The number of nitrogens with zero attached hydrogens (tertiary/aromatic N) is 2. The minimum atomic E-state index is -0.321. The third kappa shape index (κ3) is 7.24. The number of anilines is 1. The topological polar surface area (TPSA) is 98.0 Å². The van der Waals surface area contributed by atoms with Gasteiger partial charge >= 0.3 is 0 Å². The molecule has 2 fully saturated rings. The summed E-state index contributed by atoms with van der Waals surface area (Å²) < 4.78 is 8.50. The van der Waals surface area contributed by atoms with Crippen molar-refractivity contribution in [2.24, 2.45) is 5.41 Å². The van der Waals surface area contributed by atoms with Gasteiger partial charge in [0, 0.05) is 54.1 Å². The lowest BCUT2D eigenvalue weighted by atomic mass is 10.2. The first-order valence-corrected chi connectivity index (χ1v) is 13.2. The zero-order valence-corrected chi connectivity index (χ0v) is 21.7. The summed E-state index contributed by atoms with van der Waals surface area (Å²) in [5, 5.41) is 9.54. The molecular formula is C26H34ClN5O2S+2. The Morgan fingerprint density at radius 2 is 1.94 bits per heavy atom. The van der Waals surface area contributed by atoms with E-state index in [9.17, 15) is 4.79 Å². The number of rotatable bonds is 10. The molecule has 35 heavy (non-hydrogen) atoms. The van der Waals surface area contributed by atoms with Crippen LogP contribution >= 0.6 is 23.5 Å². The molecule has 2 aliphatic rings. The number of quaternary nitrogens is 1. The SMILES string of the molecule is CC1(COC(C(=O)Nc2cccc(Cl)c2)=C(C=[NH2+])N2CCN(SCc3cccc([NH3+])c3)CC2)CC1. The van der Waals surface area contributed by atoms with E-state index in [1.807, 2.05) is 24.1 Å². The van der Waals surface area contributed by atoms with Crippen LogP contribution in [0.3, 0.4) is 0 Å². The second-order valence-electron chi connectivity index (χ2n) is 9.45. The van der Waals surface area contributed by atoms with Crippen LogP contribution in [-0.2, 0) is 15.3 Å². The van der Waals surface area contributed by atoms with Crippen molar-refractivity contribution in [2.45, 2.75) is 25.5 Å². The van der Waals surface area contributed by atoms with E-state index in [-0.39, 0.29) is 17.1 Å². The molecule has 1 amide bonds. The van der Waals surface area contributed by atoms with Gasteiger partial charge < -0.3 is 20.7 Å². The van der Waals surface area contributed by atoms with Gasteiger partial charge in [0.2, 0.25) is 5.76 Å². The highest BCUT2D eigenvalue weighted by molar-refractivity contribution is 7.96. The van der Waals surface area contributed by atoms with Crippen molar-refractivity contribution >= 4 is 47.0 Å². The van der Waals surface area contributed by atoms with E-state index in [0.29, 0.717) is 23.0 Å². The van der Waals surface area contributed by atoms with Gasteiger partial charge in [-0.05, 0) is 42.7 Å². The van der Waals surface area contributed by atoms with Crippen molar-refractivity contribution < 1.29 is 20.7 Å². The fourth-order valence-electron chi connectivity index (χ4n) is 3.88. The number of nitrogens with two attached hydrogens (primary N) is 1. The molecule has 0 aromatic heterocycles. The summed E-state index contributed by atoms with van der Waals surface area (Å²) in [7, 11) is 0. The Balaban J connectivity index is 1.43. The number of nitrogens with one attached hydrogen (secondary N) is 1. The van der Waals surface area contributed by atoms with Crippen LogP contribution in [-0.4, -0.2) is 54.1 Å². The van der Waals surface area contributed by atoms with Crippen molar-refractivity contribution in [3.05, 3.63) is 70.6 Å². The molecule has 1 heterocycles. The van der Waals surface area contributed by atoms with Crippen molar-refractivity contribution in [2.75, 3.05) is 38.1 Å². The largest absolute Gasteiger partial charge is 0.486 e. The molecule has 1 aliphatic heterocycles. The second kappa shape index (κ2) is 11.5. The average Bonchev–Trinajstić information content (AvgIpc) is 3.58. The molecular weight excluding hydrogens is 482 g/mol. The zero-order valence-electron chi connectivity index (χ0n) is 20.1. The number of amides is 1. The number of piperazine rings is 1. The molecule has 1 saturated heterocycles. The summed E-state index contributed by atoms with van der Waals surface area (Å²) in [4.78, 5) is 15.4. The molecule has 7 nitrogen and oxygen atoms in total. The van der Waals surface area contributed by atoms with Crippen LogP contribution < -0.4 is 16.5 Å². The number of halogens is 1. The second-order valence-corrected chi connectivity index (χ2v) is 11.0. The summed E-state index contributed by atoms with van der Waals surface area (Å²) in [6, 6.07) is 15.4. The van der Waals surface area contributed by atoms with E-state index < -0.39 is 0 Å². The van der Waals surface area contributed by atoms with Crippen molar-refractivity contribution in [3.63, 3.8) is 0 Å². The predicted octanol–water partition coefficient (Wildman–Crippen LogP) is 2.48. The lowest BCUT2D eigenvalue weighted by Gasteiger charge is -2.35. The van der Waals surface area contributed by atoms with Crippen LogP contribution in [0.4, 0.5) is 11.4 Å². The number of allylic oxidation sites excluding steroid dienone is 1. The molecule has 186 valence electrons. The summed E-state index contributed by atoms with van der Waals surface area (Å²) in [5.74, 6) is 0.844. The molecule has 9 heteroatoms. The van der Waals surface area contributed by atoms with Crippen LogP contribution in [0, 0.1) is 5.41 Å². The average molecular weight is 516 g/mol. The zero-order chi connectivity index (χ0) is 24.8. The smallest absolute Gasteiger partial charge is 0.293 e. The van der Waals surface area contributed by atoms with Crippen LogP contribution in [0.25, 0.3) is 0 Å². The number of hydrogen-bond acceptors (Lipinski definition) is 5. The number of benzene rings is 2. The van der Waals surface area contributed by atoms with Gasteiger partial charge in [-0.25, -0.2) is 4.31 Å². The van der Waals surface area contributed by atoms with Crippen LogP contribution in [0.2, 0.25) is 5.02 Å². The normalized spacial score (nSPS) is 18.0. The van der Waals surface area contributed by atoms with Crippen LogP contribution in [0.15, 0.2) is 60.0 Å². The highest BCUT2D eigenvalue weighted by atomic mass is 35.5. The fraction of sp³-hybridized carbons (Fsp3) is 0.385. The van der Waals surface area contributed by atoms with Gasteiger partial charge in [-0.3, -0.25) is 10.2 Å². The highest BCUT2D eigenvalue weighted by Crippen LogP contribution is 2.45. The maximum Gasteiger partial charge on any atom is 0.293 e. The van der Waals surface area contributed by atoms with Gasteiger partial charge in [-0.1, -0.05) is 48.7 Å². The van der Waals surface area contributed by atoms with E-state index in [0.717, 1.165) is 50.5 Å². The quantitative estimate of drug-likeness (QED) is 0.195. The number of ether oxygens (including phenoxy) is 1. The minimum Gasteiger partial charge on any atom is -0.486 e. The Morgan fingerprint density at radius 1 is 1.20 bits per heavy atom. The van der Waals surface area contributed by atoms with E-state index in [1.165, 1.54) is 11.8 Å². The summed E-state index contributed by atoms with van der Waals surface area (Å²) >= 11 is 7.91. The molecule has 0 spiro atoms. The highest BCUT2D eigenvalue weighted by Gasteiger charge is 2.39. The fourth-order valence-corrected chi connectivity index (χ4v) is 5.01. The van der Waals surface area contributed by atoms with E-state index in [4.69, 9.17) is 21.7 Å². The van der Waals surface area contributed by atoms with Gasteiger partial charge in [0.05, 0.1) is 6.61 Å². The van der Waals surface area contributed by atoms with Crippen molar-refractivity contribution in [1.29, 1.82) is 0 Å². The lowest BCUT2D eigenvalue weighted by molar-refractivity contribution is -0.254. The van der Waals surface area contributed by atoms with Crippen molar-refractivity contribution in [1.82, 2.24) is 9.21 Å². The summed E-state index contributed by atoms with van der Waals surface area (Å²) in [6.07, 6.45) is 3.69. The maximum absolute atomic E-state index is 13.3. The maximum atomic E-state index is 13.3. The first-order valence-electron chi connectivity index (χ1n) is 11.9. The molecule has 1 aliphatic carbocycles. The molecule has 0 radical (unpaired) electrons. The molecule has 2 aromatic carbocycles. The molecule has 2 aromatic rings. The Labute approximate surface area is 216 Å². The number of hydrogen-bond donors (Lipinski definition) is 3. The standard InChI is InChI=1S/C26H32ClN5O2S/c1-26(8-9-26)18-34-24(25(33)30-22-7-3-5-20(27)15-22)23(16-28)31-10-12-32(13-11-31)35-17-19-4-2-6-21(29)14-19/h2-7,14-16,28H,8-13,17-18,29H2,1H3,(H,30,33)/p+2. The lowest BCUT2D eigenvalue weighted by Crippen LogP contribution is -2.47. The molecule has 4 rings (SSSR count). The third-order valence-corrected chi connectivity index (χ3v) is 7.76. The monoisotopic (exact) mass is 515 g/mol. The Kier molecular flexibility index (Phi) is 8.38. The van der Waals surface area contributed by atoms with Crippen LogP contribution in [0.5, 0.6) is 0 Å². The van der Waals surface area contributed by atoms with E-state index in [1.54, 1.807) is 24.3 Å². The Hall–Kier alpha value is -2.52. The molecule has 0 bridgehead atoms. The van der Waals surface area contributed by atoms with Crippen molar-refractivity contribution in [3.8, 4) is 0 Å². The number of carbonyl (C=O) groups is 1. The van der Waals surface area contributed by atoms with Gasteiger partial charge in [-0.15, -0.1) is 0 Å². The van der Waals surface area contributed by atoms with E-state index in [2.05, 4.69) is 39.3 Å². The van der Waals surface area contributed by atoms with E-state index >= 15 is 0 Å². The molecule has 6 N–H and O–H groups in total. The summed E-state index contributed by atoms with van der Waals surface area (Å²) in [5.41, 5.74) is 7.68. The van der Waals surface area contributed by atoms with Gasteiger partial charge in [0.15, 0.2) is 6.21 Å². The first-order chi connectivity index (χ1) is 16.8. The Morgan fingerprint density at radius 3 is 2.60 bits per heavy atom. The number of carbonyl (C=O) groups excluding carboxylic acids is 1. The Bertz CT molecular complexity index is 1100. The minimum absolute atomic E-state index is 0.127. The molecule has 0 atom stereocenters. The predicted molar refractivity (Wildman–Crippen MR) is 142 cm³/mol. The third-order valence-electron chi connectivity index (χ3n) is 6.33. The van der Waals surface area contributed by atoms with Gasteiger partial charge in [-0.2, -0.15) is 0 Å². The molecule has 1 saturated carbocycles. The first kappa shape index (κ1) is 25.6. The van der Waals surface area contributed by atoms with Gasteiger partial charge in [0.1, 0.15) is 11.4 Å².